The molecule has 1 unspecified atom stereocenters. The first-order valence-electron chi connectivity index (χ1n) is 4.61. The van der Waals surface area contributed by atoms with E-state index in [0.29, 0.717) is 11.6 Å². The molecule has 0 aliphatic carbocycles. The number of benzene rings is 1. The predicted molar refractivity (Wildman–Crippen MR) is 62.5 cm³/mol. The molecule has 0 saturated carbocycles. The number of hydrogen-bond acceptors (Lipinski definition) is 3. The van der Waals surface area contributed by atoms with Gasteiger partial charge in [0.05, 0.1) is 10.7 Å². The van der Waals surface area contributed by atoms with Crippen molar-refractivity contribution in [1.82, 2.24) is 0 Å². The zero-order valence-corrected chi connectivity index (χ0v) is 9.20. The van der Waals surface area contributed by atoms with E-state index in [9.17, 15) is 0 Å². The lowest BCUT2D eigenvalue weighted by molar-refractivity contribution is 0.315. The lowest BCUT2D eigenvalue weighted by atomic mass is 10.1. The maximum absolute atomic E-state index is 8.47. The first kappa shape index (κ1) is 11.7. The second-order valence-corrected chi connectivity index (χ2v) is 3.69. The smallest absolute Gasteiger partial charge is 0.143 e. The summed E-state index contributed by atoms with van der Waals surface area (Å²) >= 11 is 5.95. The molecule has 0 aliphatic heterocycles. The number of oxime groups is 1. The highest BCUT2D eigenvalue weighted by Gasteiger charge is 2.07. The van der Waals surface area contributed by atoms with E-state index in [-0.39, 0.29) is 11.8 Å². The van der Waals surface area contributed by atoms with Gasteiger partial charge in [0.2, 0.25) is 0 Å². The van der Waals surface area contributed by atoms with Crippen LogP contribution in [0.2, 0.25) is 5.02 Å². The van der Waals surface area contributed by atoms with Gasteiger partial charge in [-0.1, -0.05) is 35.8 Å². The Morgan fingerprint density at radius 1 is 1.60 bits per heavy atom. The van der Waals surface area contributed by atoms with Crippen LogP contribution in [0.3, 0.4) is 0 Å². The van der Waals surface area contributed by atoms with Gasteiger partial charge in [-0.3, -0.25) is 0 Å². The Hall–Kier alpha value is -1.42. The van der Waals surface area contributed by atoms with Crippen molar-refractivity contribution in [2.45, 2.75) is 6.92 Å². The molecule has 15 heavy (non-hydrogen) atoms. The van der Waals surface area contributed by atoms with Crippen molar-refractivity contribution in [3.8, 4) is 0 Å². The average molecular weight is 228 g/mol. The summed E-state index contributed by atoms with van der Waals surface area (Å²) in [5, 5.41) is 15.2. The summed E-state index contributed by atoms with van der Waals surface area (Å²) in [5.41, 5.74) is 6.29. The summed E-state index contributed by atoms with van der Waals surface area (Å²) in [6.45, 7) is 2.43. The molecule has 0 spiro atoms. The van der Waals surface area contributed by atoms with Crippen LogP contribution in [0, 0.1) is 5.92 Å². The summed E-state index contributed by atoms with van der Waals surface area (Å²) in [4.78, 5) is 0. The molecule has 5 heteroatoms. The van der Waals surface area contributed by atoms with Gasteiger partial charge in [-0.25, -0.2) is 0 Å². The van der Waals surface area contributed by atoms with Gasteiger partial charge in [0, 0.05) is 12.5 Å². The first-order chi connectivity index (χ1) is 7.15. The standard InChI is InChI=1S/C10H14ClN3O/c1-7(10(12)14-15)6-13-9-5-3-2-4-8(9)11/h2-5,7,13,15H,6H2,1H3,(H2,12,14). The fraction of sp³-hybridized carbons (Fsp3) is 0.300. The maximum atomic E-state index is 8.47. The van der Waals surface area contributed by atoms with Crippen LogP contribution in [0.5, 0.6) is 0 Å². The minimum atomic E-state index is -0.0497. The van der Waals surface area contributed by atoms with Crippen LogP contribution < -0.4 is 11.1 Å². The van der Waals surface area contributed by atoms with Crippen LogP contribution in [0.15, 0.2) is 29.4 Å². The minimum Gasteiger partial charge on any atom is -0.409 e. The topological polar surface area (TPSA) is 70.6 Å². The highest BCUT2D eigenvalue weighted by Crippen LogP contribution is 2.20. The van der Waals surface area contributed by atoms with Crippen LogP contribution >= 0.6 is 11.6 Å². The lowest BCUT2D eigenvalue weighted by Crippen LogP contribution is -2.27. The van der Waals surface area contributed by atoms with E-state index >= 15 is 0 Å². The fourth-order valence-corrected chi connectivity index (χ4v) is 1.27. The number of rotatable bonds is 4. The largest absolute Gasteiger partial charge is 0.409 e. The summed E-state index contributed by atoms with van der Waals surface area (Å²) in [5.74, 6) is 0.154. The number of nitrogens with zero attached hydrogens (tertiary/aromatic N) is 1. The number of para-hydroxylation sites is 1. The highest BCUT2D eigenvalue weighted by molar-refractivity contribution is 6.33. The number of nitrogens with two attached hydrogens (primary N) is 1. The number of halogens is 1. The molecule has 0 aromatic heterocycles. The van der Waals surface area contributed by atoms with Crippen LogP contribution in [0.1, 0.15) is 6.92 Å². The van der Waals surface area contributed by atoms with E-state index in [1.54, 1.807) is 6.07 Å². The Balaban J connectivity index is 2.54. The summed E-state index contributed by atoms with van der Waals surface area (Å²) in [6.07, 6.45) is 0. The molecule has 1 aromatic rings. The van der Waals surface area contributed by atoms with Crippen molar-refractivity contribution in [2.24, 2.45) is 16.8 Å². The van der Waals surface area contributed by atoms with Gasteiger partial charge in [-0.05, 0) is 12.1 Å². The van der Waals surface area contributed by atoms with Crippen molar-refractivity contribution >= 4 is 23.1 Å². The SMILES string of the molecule is CC(CNc1ccccc1Cl)C(N)=NO. The zero-order valence-electron chi connectivity index (χ0n) is 8.44. The van der Waals surface area contributed by atoms with Crippen LogP contribution in [0.4, 0.5) is 5.69 Å². The second-order valence-electron chi connectivity index (χ2n) is 3.29. The third kappa shape index (κ3) is 3.32. The average Bonchev–Trinajstić information content (AvgIpc) is 2.26. The highest BCUT2D eigenvalue weighted by atomic mass is 35.5. The number of hydrogen-bond donors (Lipinski definition) is 3. The summed E-state index contributed by atoms with van der Waals surface area (Å²) < 4.78 is 0. The third-order valence-electron chi connectivity index (χ3n) is 2.09. The van der Waals surface area contributed by atoms with E-state index < -0.39 is 0 Å². The molecule has 1 atom stereocenters. The maximum Gasteiger partial charge on any atom is 0.143 e. The molecular formula is C10H14ClN3O. The quantitative estimate of drug-likeness (QED) is 0.319. The van der Waals surface area contributed by atoms with E-state index in [4.69, 9.17) is 22.5 Å². The Morgan fingerprint density at radius 3 is 2.87 bits per heavy atom. The van der Waals surface area contributed by atoms with Crippen molar-refractivity contribution in [3.63, 3.8) is 0 Å². The van der Waals surface area contributed by atoms with Gasteiger partial charge in [0.15, 0.2) is 0 Å². The lowest BCUT2D eigenvalue weighted by Gasteiger charge is -2.12. The Bertz CT molecular complexity index is 354. The molecular weight excluding hydrogens is 214 g/mol. The number of nitrogens with one attached hydrogen (secondary N) is 1. The van der Waals surface area contributed by atoms with Crippen molar-refractivity contribution in [3.05, 3.63) is 29.3 Å². The molecule has 1 aromatic carbocycles. The molecule has 4 N–H and O–H groups in total. The number of amidine groups is 1. The molecule has 82 valence electrons. The minimum absolute atomic E-state index is 0.0497. The van der Waals surface area contributed by atoms with E-state index in [1.165, 1.54) is 0 Å². The molecule has 0 saturated heterocycles. The fourth-order valence-electron chi connectivity index (χ4n) is 1.07. The molecule has 4 nitrogen and oxygen atoms in total. The number of anilines is 1. The van der Waals surface area contributed by atoms with Gasteiger partial charge in [0.1, 0.15) is 5.84 Å². The van der Waals surface area contributed by atoms with Gasteiger partial charge >= 0.3 is 0 Å². The molecule has 0 aliphatic rings. The first-order valence-corrected chi connectivity index (χ1v) is 4.98. The van der Waals surface area contributed by atoms with Crippen molar-refractivity contribution in [2.75, 3.05) is 11.9 Å². The molecule has 0 fully saturated rings. The molecule has 1 rings (SSSR count). The van der Waals surface area contributed by atoms with E-state index in [2.05, 4.69) is 10.5 Å². The zero-order chi connectivity index (χ0) is 11.3. The van der Waals surface area contributed by atoms with Crippen LogP contribution in [-0.2, 0) is 0 Å². The monoisotopic (exact) mass is 227 g/mol. The molecule has 0 amide bonds. The summed E-state index contributed by atoms with van der Waals surface area (Å²) in [6, 6.07) is 7.43. The molecule has 0 bridgehead atoms. The molecule has 0 radical (unpaired) electrons. The van der Waals surface area contributed by atoms with Gasteiger partial charge in [0.25, 0.3) is 0 Å². The normalized spacial score (nSPS) is 13.6. The molecule has 0 heterocycles. The predicted octanol–water partition coefficient (Wildman–Crippen LogP) is 2.13. The Labute approximate surface area is 93.7 Å². The van der Waals surface area contributed by atoms with Gasteiger partial charge in [-0.2, -0.15) is 0 Å². The van der Waals surface area contributed by atoms with Crippen LogP contribution in [0.25, 0.3) is 0 Å². The third-order valence-corrected chi connectivity index (χ3v) is 2.42. The van der Waals surface area contributed by atoms with Crippen molar-refractivity contribution < 1.29 is 5.21 Å². The Morgan fingerprint density at radius 2 is 2.27 bits per heavy atom. The Kier molecular flexibility index (Phi) is 4.24. The van der Waals surface area contributed by atoms with E-state index in [1.807, 2.05) is 25.1 Å². The van der Waals surface area contributed by atoms with E-state index in [0.717, 1.165) is 5.69 Å². The van der Waals surface area contributed by atoms with Gasteiger partial charge in [-0.15, -0.1) is 0 Å². The summed E-state index contributed by atoms with van der Waals surface area (Å²) in [7, 11) is 0. The second kappa shape index (κ2) is 5.46. The van der Waals surface area contributed by atoms with Crippen LogP contribution in [-0.4, -0.2) is 17.6 Å². The van der Waals surface area contributed by atoms with Gasteiger partial charge < -0.3 is 16.3 Å². The van der Waals surface area contributed by atoms with Crippen molar-refractivity contribution in [1.29, 1.82) is 0 Å².